The first-order valence-electron chi connectivity index (χ1n) is 13.8. The molecular formula is C29H35FN4O4S. The summed E-state index contributed by atoms with van der Waals surface area (Å²) in [5, 5.41) is 3.23. The molecule has 1 N–H and O–H groups in total. The highest BCUT2D eigenvalue weighted by Crippen LogP contribution is 2.30. The predicted octanol–water partition coefficient (Wildman–Crippen LogP) is 4.01. The van der Waals surface area contributed by atoms with Crippen LogP contribution in [0.4, 0.5) is 4.39 Å². The minimum Gasteiger partial charge on any atom is -0.381 e. The van der Waals surface area contributed by atoms with Crippen molar-refractivity contribution in [1.82, 2.24) is 19.4 Å². The number of rotatable bonds is 9. The smallest absolute Gasteiger partial charge is 0.333 e. The van der Waals surface area contributed by atoms with Gasteiger partial charge in [-0.05, 0) is 68.1 Å². The van der Waals surface area contributed by atoms with Crippen LogP contribution in [-0.2, 0) is 16.0 Å². The van der Waals surface area contributed by atoms with E-state index in [0.717, 1.165) is 37.0 Å². The van der Waals surface area contributed by atoms with Gasteiger partial charge in [0.15, 0.2) is 0 Å². The molecule has 5 rings (SSSR count). The summed E-state index contributed by atoms with van der Waals surface area (Å²) in [4.78, 5) is 43.8. The Bertz CT molecular complexity index is 1400. The standard InChI is InChI=1S/C29H35FN4O4S/c30-21-18-25-27(31-19-21)33(24-12-16-39-17-13-24)29(37)34(28(25)36)23-8-6-22(7-9-23)32-26(35)11-15-38-14-10-20-4-2-1-3-5-20/h1-5,18-19,22-24H,6-17H2,(H,32,35)/t22-,23+. The van der Waals surface area contributed by atoms with Crippen molar-refractivity contribution in [2.24, 2.45) is 0 Å². The highest BCUT2D eigenvalue weighted by Gasteiger charge is 2.29. The van der Waals surface area contributed by atoms with Gasteiger partial charge in [0.25, 0.3) is 5.56 Å². The minimum atomic E-state index is -0.592. The number of ether oxygens (including phenoxy) is 1. The number of thioether (sulfide) groups is 1. The van der Waals surface area contributed by atoms with Crippen LogP contribution >= 0.6 is 11.8 Å². The lowest BCUT2D eigenvalue weighted by Gasteiger charge is -2.31. The largest absolute Gasteiger partial charge is 0.381 e. The third kappa shape index (κ3) is 6.61. The van der Waals surface area contributed by atoms with Crippen LogP contribution in [0.2, 0.25) is 0 Å². The summed E-state index contributed by atoms with van der Waals surface area (Å²) in [5.74, 6) is 1.22. The average Bonchev–Trinajstić information content (AvgIpc) is 2.95. The van der Waals surface area contributed by atoms with Gasteiger partial charge in [0.05, 0.1) is 24.8 Å². The van der Waals surface area contributed by atoms with E-state index in [4.69, 9.17) is 4.74 Å². The number of halogens is 1. The lowest BCUT2D eigenvalue weighted by atomic mass is 9.90. The van der Waals surface area contributed by atoms with Gasteiger partial charge in [-0.25, -0.2) is 14.2 Å². The van der Waals surface area contributed by atoms with Gasteiger partial charge in [0.2, 0.25) is 5.91 Å². The van der Waals surface area contributed by atoms with Crippen molar-refractivity contribution in [3.8, 4) is 0 Å². The first-order chi connectivity index (χ1) is 19.0. The normalized spacial score (nSPS) is 20.2. The molecule has 39 heavy (non-hydrogen) atoms. The number of hydrogen-bond donors (Lipinski definition) is 1. The molecule has 1 aromatic carbocycles. The Hall–Kier alpha value is -2.98. The Kier molecular flexibility index (Phi) is 9.13. The Morgan fingerprint density at radius 3 is 2.46 bits per heavy atom. The second kappa shape index (κ2) is 12.9. The summed E-state index contributed by atoms with van der Waals surface area (Å²) in [6, 6.07) is 10.9. The van der Waals surface area contributed by atoms with Crippen LogP contribution in [0.5, 0.6) is 0 Å². The van der Waals surface area contributed by atoms with E-state index in [1.54, 1.807) is 4.57 Å². The van der Waals surface area contributed by atoms with Crippen molar-refractivity contribution in [1.29, 1.82) is 0 Å². The zero-order valence-electron chi connectivity index (χ0n) is 22.0. The number of amides is 1. The van der Waals surface area contributed by atoms with E-state index < -0.39 is 11.4 Å². The van der Waals surface area contributed by atoms with E-state index >= 15 is 0 Å². The second-order valence-corrected chi connectivity index (χ2v) is 11.6. The quantitative estimate of drug-likeness (QED) is 0.402. The lowest BCUT2D eigenvalue weighted by Crippen LogP contribution is -2.46. The molecule has 0 atom stereocenters. The lowest BCUT2D eigenvalue weighted by molar-refractivity contribution is -0.123. The molecule has 1 aliphatic heterocycles. The highest BCUT2D eigenvalue weighted by molar-refractivity contribution is 7.99. The highest BCUT2D eigenvalue weighted by atomic mass is 32.2. The van der Waals surface area contributed by atoms with Gasteiger partial charge in [0.1, 0.15) is 11.5 Å². The SMILES string of the molecule is O=C(CCOCCc1ccccc1)N[C@H]1CC[C@@H](n2c(=O)c3cc(F)cnc3n(C3CCSCC3)c2=O)CC1. The predicted molar refractivity (Wildman–Crippen MR) is 151 cm³/mol. The Morgan fingerprint density at radius 2 is 1.72 bits per heavy atom. The fourth-order valence-corrected chi connectivity index (χ4v) is 6.76. The van der Waals surface area contributed by atoms with E-state index in [0.29, 0.717) is 45.3 Å². The molecule has 1 saturated carbocycles. The Morgan fingerprint density at radius 1 is 1.00 bits per heavy atom. The molecule has 2 fully saturated rings. The fraction of sp³-hybridized carbons (Fsp3) is 0.517. The summed E-state index contributed by atoms with van der Waals surface area (Å²) in [6.07, 6.45) is 6.30. The summed E-state index contributed by atoms with van der Waals surface area (Å²) >= 11 is 1.85. The number of aromatic nitrogens is 3. The fourth-order valence-electron chi connectivity index (χ4n) is 5.68. The number of pyridine rings is 1. The molecule has 3 aromatic rings. The first kappa shape index (κ1) is 27.6. The van der Waals surface area contributed by atoms with E-state index in [-0.39, 0.29) is 40.8 Å². The van der Waals surface area contributed by atoms with Crippen molar-refractivity contribution in [3.05, 3.63) is 74.8 Å². The zero-order chi connectivity index (χ0) is 27.2. The summed E-state index contributed by atoms with van der Waals surface area (Å²) < 4.78 is 22.7. The van der Waals surface area contributed by atoms with Crippen molar-refractivity contribution in [3.63, 3.8) is 0 Å². The minimum absolute atomic E-state index is 0.00840. The van der Waals surface area contributed by atoms with Crippen LogP contribution < -0.4 is 16.6 Å². The van der Waals surface area contributed by atoms with Gasteiger partial charge in [-0.15, -0.1) is 0 Å². The summed E-state index contributed by atoms with van der Waals surface area (Å²) in [6.45, 7) is 0.934. The molecule has 3 heterocycles. The third-order valence-electron chi connectivity index (χ3n) is 7.76. The number of carbonyl (C=O) groups excluding carboxylic acids is 1. The van der Waals surface area contributed by atoms with Crippen molar-refractivity contribution < 1.29 is 13.9 Å². The van der Waals surface area contributed by atoms with Crippen molar-refractivity contribution in [2.45, 2.75) is 69.5 Å². The molecule has 0 radical (unpaired) electrons. The molecule has 0 spiro atoms. The van der Waals surface area contributed by atoms with Crippen LogP contribution in [0.15, 0.2) is 52.2 Å². The summed E-state index contributed by atoms with van der Waals surface area (Å²) in [7, 11) is 0. The van der Waals surface area contributed by atoms with Crippen LogP contribution in [-0.4, -0.2) is 50.8 Å². The molecular weight excluding hydrogens is 519 g/mol. The molecule has 208 valence electrons. The number of nitrogens with zero attached hydrogens (tertiary/aromatic N) is 3. The average molecular weight is 555 g/mol. The van der Waals surface area contributed by atoms with Crippen molar-refractivity contribution in [2.75, 3.05) is 24.7 Å². The van der Waals surface area contributed by atoms with Crippen LogP contribution in [0.3, 0.4) is 0 Å². The van der Waals surface area contributed by atoms with E-state index in [1.165, 1.54) is 16.2 Å². The summed E-state index contributed by atoms with van der Waals surface area (Å²) in [5.41, 5.74) is 0.633. The zero-order valence-corrected chi connectivity index (χ0v) is 22.8. The molecule has 8 nitrogen and oxygen atoms in total. The second-order valence-electron chi connectivity index (χ2n) is 10.4. The number of nitrogens with one attached hydrogen (secondary N) is 1. The monoisotopic (exact) mass is 554 g/mol. The maximum absolute atomic E-state index is 14.1. The van der Waals surface area contributed by atoms with Gasteiger partial charge in [-0.3, -0.25) is 18.7 Å². The van der Waals surface area contributed by atoms with Gasteiger partial charge < -0.3 is 10.1 Å². The van der Waals surface area contributed by atoms with Gasteiger partial charge in [0, 0.05) is 24.5 Å². The molecule has 2 aromatic heterocycles. The topological polar surface area (TPSA) is 95.2 Å². The number of benzene rings is 1. The maximum Gasteiger partial charge on any atom is 0.333 e. The molecule has 0 bridgehead atoms. The molecule has 1 aliphatic carbocycles. The molecule has 0 unspecified atom stereocenters. The Labute approximate surface area is 231 Å². The van der Waals surface area contributed by atoms with E-state index in [1.807, 2.05) is 30.0 Å². The van der Waals surface area contributed by atoms with E-state index in [2.05, 4.69) is 22.4 Å². The molecule has 10 heteroatoms. The molecule has 1 saturated heterocycles. The maximum atomic E-state index is 14.1. The number of fused-ring (bicyclic) bond motifs is 1. The van der Waals surface area contributed by atoms with Crippen LogP contribution in [0.25, 0.3) is 11.0 Å². The van der Waals surface area contributed by atoms with Gasteiger partial charge in [-0.1, -0.05) is 30.3 Å². The van der Waals surface area contributed by atoms with E-state index in [9.17, 15) is 18.8 Å². The number of carbonyl (C=O) groups is 1. The molecule has 1 amide bonds. The Balaban J connectivity index is 1.20. The van der Waals surface area contributed by atoms with Crippen molar-refractivity contribution >= 4 is 28.7 Å². The number of hydrogen-bond acceptors (Lipinski definition) is 6. The van der Waals surface area contributed by atoms with Gasteiger partial charge in [-0.2, -0.15) is 11.8 Å². The third-order valence-corrected chi connectivity index (χ3v) is 8.81. The van der Waals surface area contributed by atoms with Crippen LogP contribution in [0, 0.1) is 5.82 Å². The first-order valence-corrected chi connectivity index (χ1v) is 15.0. The van der Waals surface area contributed by atoms with Crippen LogP contribution in [0.1, 0.15) is 62.6 Å². The molecule has 2 aliphatic rings. The van der Waals surface area contributed by atoms with Gasteiger partial charge >= 0.3 is 5.69 Å².